The second kappa shape index (κ2) is 3.63. The number of nitrogens with one attached hydrogen (secondary N) is 1. The Morgan fingerprint density at radius 2 is 2.70 bits per heavy atom. The van der Waals surface area contributed by atoms with Gasteiger partial charge < -0.3 is 5.32 Å². The molecule has 0 aliphatic rings. The van der Waals surface area contributed by atoms with Gasteiger partial charge in [-0.25, -0.2) is 4.39 Å². The normalized spacial score (nSPS) is 13.4. The van der Waals surface area contributed by atoms with Crippen molar-refractivity contribution in [1.82, 2.24) is 10.3 Å². The van der Waals surface area contributed by atoms with E-state index < -0.39 is 0 Å². The van der Waals surface area contributed by atoms with E-state index in [1.54, 1.807) is 18.8 Å². The molecule has 0 spiro atoms. The van der Waals surface area contributed by atoms with Crippen molar-refractivity contribution in [3.05, 3.63) is 16.6 Å². The Bertz CT molecular complexity index is 172. The van der Waals surface area contributed by atoms with Gasteiger partial charge >= 0.3 is 0 Å². The maximum atomic E-state index is 12.1. The molecule has 0 saturated carbocycles. The molecule has 0 radical (unpaired) electrons. The Balaban J connectivity index is 2.64. The number of rotatable bonds is 3. The highest BCUT2D eigenvalue weighted by atomic mass is 32.1. The molecular formula is C6H9FN2S. The zero-order valence-electron chi connectivity index (χ0n) is 5.67. The average molecular weight is 160 g/mol. The third kappa shape index (κ3) is 1.52. The van der Waals surface area contributed by atoms with Crippen molar-refractivity contribution in [3.63, 3.8) is 0 Å². The number of hydrogen-bond acceptors (Lipinski definition) is 3. The summed E-state index contributed by atoms with van der Waals surface area (Å²) in [6.45, 7) is -0.376. The van der Waals surface area contributed by atoms with Crippen LogP contribution in [-0.2, 0) is 0 Å². The van der Waals surface area contributed by atoms with Crippen LogP contribution in [0.4, 0.5) is 4.39 Å². The highest BCUT2D eigenvalue weighted by Crippen LogP contribution is 2.16. The molecule has 0 aromatic carbocycles. The van der Waals surface area contributed by atoms with E-state index in [1.807, 2.05) is 0 Å². The van der Waals surface area contributed by atoms with Crippen molar-refractivity contribution in [2.24, 2.45) is 0 Å². The molecule has 1 aromatic heterocycles. The summed E-state index contributed by atoms with van der Waals surface area (Å²) >= 11 is 1.47. The van der Waals surface area contributed by atoms with Crippen LogP contribution < -0.4 is 5.32 Å². The molecule has 1 heterocycles. The molecule has 1 rings (SSSR count). The predicted octanol–water partition coefficient (Wildman–Crippen LogP) is 1.37. The minimum atomic E-state index is -0.376. The first kappa shape index (κ1) is 7.63. The monoisotopic (exact) mass is 160 g/mol. The molecule has 1 atom stereocenters. The number of halogens is 1. The summed E-state index contributed by atoms with van der Waals surface area (Å²) in [6.07, 6.45) is 1.69. The van der Waals surface area contributed by atoms with Gasteiger partial charge in [-0.2, -0.15) is 0 Å². The fourth-order valence-corrected chi connectivity index (χ4v) is 1.40. The number of hydrogen-bond donors (Lipinski definition) is 1. The summed E-state index contributed by atoms with van der Waals surface area (Å²) in [5.74, 6) is 0. The molecule has 10 heavy (non-hydrogen) atoms. The van der Waals surface area contributed by atoms with Gasteiger partial charge in [0.1, 0.15) is 6.67 Å². The Labute approximate surface area is 63.1 Å². The summed E-state index contributed by atoms with van der Waals surface area (Å²) in [6, 6.07) is -0.174. The van der Waals surface area contributed by atoms with Gasteiger partial charge in [0.2, 0.25) is 0 Å². The third-order valence-electron chi connectivity index (χ3n) is 1.30. The fraction of sp³-hybridized carbons (Fsp3) is 0.500. The summed E-state index contributed by atoms with van der Waals surface area (Å²) in [4.78, 5) is 4.80. The first-order valence-electron chi connectivity index (χ1n) is 3.00. The number of nitrogens with zero attached hydrogens (tertiary/aromatic N) is 1. The standard InChI is InChI=1S/C6H9FN2S/c1-8-5(2-7)6-3-9-4-10-6/h3-5,8H,2H2,1H3. The first-order chi connectivity index (χ1) is 4.88. The Morgan fingerprint density at radius 1 is 1.90 bits per heavy atom. The fourth-order valence-electron chi connectivity index (χ4n) is 0.693. The minimum Gasteiger partial charge on any atom is -0.310 e. The SMILES string of the molecule is CNC(CF)c1cncs1. The van der Waals surface area contributed by atoms with Gasteiger partial charge in [-0.15, -0.1) is 11.3 Å². The maximum Gasteiger partial charge on any atom is 0.110 e. The minimum absolute atomic E-state index is 0.174. The Kier molecular flexibility index (Phi) is 2.77. The highest BCUT2D eigenvalue weighted by molar-refractivity contribution is 7.09. The molecule has 56 valence electrons. The zero-order chi connectivity index (χ0) is 7.40. The van der Waals surface area contributed by atoms with Gasteiger partial charge in [0, 0.05) is 11.1 Å². The van der Waals surface area contributed by atoms with E-state index in [9.17, 15) is 4.39 Å². The molecule has 0 amide bonds. The molecular weight excluding hydrogens is 151 g/mol. The van der Waals surface area contributed by atoms with E-state index in [-0.39, 0.29) is 12.7 Å². The van der Waals surface area contributed by atoms with Gasteiger partial charge in [0.15, 0.2) is 0 Å². The van der Waals surface area contributed by atoms with Crippen molar-refractivity contribution < 1.29 is 4.39 Å². The van der Waals surface area contributed by atoms with Gasteiger partial charge in [-0.05, 0) is 7.05 Å². The second-order valence-corrected chi connectivity index (χ2v) is 2.82. The lowest BCUT2D eigenvalue weighted by atomic mass is 10.3. The molecule has 0 aliphatic carbocycles. The molecule has 2 nitrogen and oxygen atoms in total. The van der Waals surface area contributed by atoms with Crippen molar-refractivity contribution in [2.75, 3.05) is 13.7 Å². The molecule has 1 aromatic rings. The van der Waals surface area contributed by atoms with E-state index in [2.05, 4.69) is 10.3 Å². The van der Waals surface area contributed by atoms with Gasteiger partial charge in [-0.1, -0.05) is 0 Å². The van der Waals surface area contributed by atoms with Crippen LogP contribution in [-0.4, -0.2) is 18.7 Å². The van der Waals surface area contributed by atoms with Crippen LogP contribution in [0.1, 0.15) is 10.9 Å². The van der Waals surface area contributed by atoms with Crippen LogP contribution in [0.3, 0.4) is 0 Å². The van der Waals surface area contributed by atoms with Crippen molar-refractivity contribution in [3.8, 4) is 0 Å². The summed E-state index contributed by atoms with van der Waals surface area (Å²) in [7, 11) is 1.74. The van der Waals surface area contributed by atoms with Crippen LogP contribution in [0.2, 0.25) is 0 Å². The van der Waals surface area contributed by atoms with E-state index in [1.165, 1.54) is 11.3 Å². The van der Waals surface area contributed by atoms with Crippen LogP contribution in [0, 0.1) is 0 Å². The topological polar surface area (TPSA) is 24.9 Å². The number of thiazole rings is 1. The molecule has 4 heteroatoms. The van der Waals surface area contributed by atoms with Crippen LogP contribution in [0.15, 0.2) is 11.7 Å². The van der Waals surface area contributed by atoms with Crippen molar-refractivity contribution in [1.29, 1.82) is 0 Å². The summed E-state index contributed by atoms with van der Waals surface area (Å²) in [5, 5.41) is 2.85. The lowest BCUT2D eigenvalue weighted by Gasteiger charge is -2.07. The predicted molar refractivity (Wildman–Crippen MR) is 39.9 cm³/mol. The Morgan fingerprint density at radius 3 is 3.10 bits per heavy atom. The van der Waals surface area contributed by atoms with E-state index >= 15 is 0 Å². The molecule has 0 saturated heterocycles. The van der Waals surface area contributed by atoms with Gasteiger partial charge in [-0.3, -0.25) is 4.98 Å². The first-order valence-corrected chi connectivity index (χ1v) is 3.88. The van der Waals surface area contributed by atoms with Crippen LogP contribution in [0.5, 0.6) is 0 Å². The molecule has 0 aliphatic heterocycles. The van der Waals surface area contributed by atoms with E-state index in [0.29, 0.717) is 0 Å². The van der Waals surface area contributed by atoms with E-state index in [0.717, 1.165) is 4.88 Å². The van der Waals surface area contributed by atoms with Gasteiger partial charge in [0.05, 0.1) is 11.6 Å². The molecule has 0 fully saturated rings. The summed E-state index contributed by atoms with van der Waals surface area (Å²) in [5.41, 5.74) is 1.70. The quantitative estimate of drug-likeness (QED) is 0.722. The highest BCUT2D eigenvalue weighted by Gasteiger charge is 2.08. The molecule has 1 N–H and O–H groups in total. The van der Waals surface area contributed by atoms with Crippen LogP contribution in [0.25, 0.3) is 0 Å². The molecule has 0 bridgehead atoms. The van der Waals surface area contributed by atoms with Crippen LogP contribution >= 0.6 is 11.3 Å². The lowest BCUT2D eigenvalue weighted by molar-refractivity contribution is 0.403. The van der Waals surface area contributed by atoms with Gasteiger partial charge in [0.25, 0.3) is 0 Å². The smallest absolute Gasteiger partial charge is 0.110 e. The van der Waals surface area contributed by atoms with Crippen molar-refractivity contribution in [2.45, 2.75) is 6.04 Å². The second-order valence-electron chi connectivity index (χ2n) is 1.90. The van der Waals surface area contributed by atoms with E-state index in [4.69, 9.17) is 0 Å². The lowest BCUT2D eigenvalue weighted by Crippen LogP contribution is -2.16. The maximum absolute atomic E-state index is 12.1. The summed E-state index contributed by atoms with van der Waals surface area (Å²) < 4.78 is 12.1. The molecule has 1 unspecified atom stereocenters. The zero-order valence-corrected chi connectivity index (χ0v) is 6.49. The average Bonchev–Trinajstić information content (AvgIpc) is 2.43. The third-order valence-corrected chi connectivity index (χ3v) is 2.19. The number of alkyl halides is 1. The van der Waals surface area contributed by atoms with Crippen molar-refractivity contribution >= 4 is 11.3 Å². The number of aromatic nitrogens is 1. The Hall–Kier alpha value is -0.480. The largest absolute Gasteiger partial charge is 0.310 e.